The van der Waals surface area contributed by atoms with E-state index in [4.69, 9.17) is 9.97 Å². The molecule has 0 fully saturated rings. The summed E-state index contributed by atoms with van der Waals surface area (Å²) in [5.41, 5.74) is 12.5. The second-order valence-electron chi connectivity index (χ2n) is 11.7. The van der Waals surface area contributed by atoms with E-state index in [9.17, 15) is 0 Å². The Bertz CT molecular complexity index is 2090. The number of rotatable bonds is 4. The van der Waals surface area contributed by atoms with Crippen molar-refractivity contribution in [2.24, 2.45) is 0 Å². The van der Waals surface area contributed by atoms with Gasteiger partial charge in [-0.3, -0.25) is 4.98 Å². The van der Waals surface area contributed by atoms with E-state index in [-0.39, 0.29) is 5.41 Å². The maximum absolute atomic E-state index is 5.17. The molecule has 0 atom stereocenters. The number of pyridine rings is 1. The van der Waals surface area contributed by atoms with Crippen molar-refractivity contribution < 1.29 is 0 Å². The van der Waals surface area contributed by atoms with Crippen molar-refractivity contribution in [1.29, 1.82) is 0 Å². The van der Waals surface area contributed by atoms with Crippen LogP contribution < -0.4 is 0 Å². The Kier molecular flexibility index (Phi) is 5.80. The lowest BCUT2D eigenvalue weighted by Gasteiger charge is -2.22. The normalized spacial score (nSPS) is 13.1. The summed E-state index contributed by atoms with van der Waals surface area (Å²) in [6.45, 7) is 4.69. The zero-order valence-corrected chi connectivity index (χ0v) is 24.1. The Morgan fingerprint density at radius 1 is 0.465 bits per heavy atom. The predicted octanol–water partition coefficient (Wildman–Crippen LogP) is 10.00. The molecule has 5 aromatic carbocycles. The van der Waals surface area contributed by atoms with E-state index in [2.05, 4.69) is 116 Å². The minimum Gasteiger partial charge on any atom is -0.265 e. The van der Waals surface area contributed by atoms with Crippen molar-refractivity contribution in [1.82, 2.24) is 15.0 Å². The number of benzene rings is 5. The molecule has 3 nitrogen and oxygen atoms in total. The van der Waals surface area contributed by atoms with Gasteiger partial charge in [0.1, 0.15) is 0 Å². The SMILES string of the molecule is CC1(C)c2cc3ccccc3cc2-c2c(-c3ccccc3-c3cc(-c4ccncc4)nc(-c4ccccc4)n3)cccc21. The van der Waals surface area contributed by atoms with Crippen molar-refractivity contribution >= 4 is 10.8 Å². The standard InChI is InChI=1S/C40H29N3/c1-40(2)34-18-10-17-32(38(34)33-23-28-13-6-7-14-29(28)24-35(33)40)30-15-8-9-16-31(30)37-25-36(26-19-21-41-22-20-26)42-39(43-37)27-11-4-3-5-12-27/h3-25H,1-2H3. The van der Waals surface area contributed by atoms with E-state index in [1.165, 1.54) is 38.6 Å². The second kappa shape index (κ2) is 9.85. The molecule has 1 aliphatic carbocycles. The molecule has 2 aromatic heterocycles. The smallest absolute Gasteiger partial charge is 0.160 e. The van der Waals surface area contributed by atoms with Crippen LogP contribution in [0.1, 0.15) is 25.0 Å². The molecular weight excluding hydrogens is 522 g/mol. The highest BCUT2D eigenvalue weighted by atomic mass is 14.9. The molecular formula is C40H29N3. The molecule has 0 saturated carbocycles. The van der Waals surface area contributed by atoms with Crippen LogP contribution in [0.5, 0.6) is 0 Å². The van der Waals surface area contributed by atoms with E-state index in [0.717, 1.165) is 33.6 Å². The number of fused-ring (bicyclic) bond motifs is 4. The lowest BCUT2D eigenvalue weighted by molar-refractivity contribution is 0.661. The van der Waals surface area contributed by atoms with Crippen LogP contribution in [0.2, 0.25) is 0 Å². The Morgan fingerprint density at radius 2 is 1.12 bits per heavy atom. The van der Waals surface area contributed by atoms with Gasteiger partial charge in [-0.15, -0.1) is 0 Å². The predicted molar refractivity (Wildman–Crippen MR) is 177 cm³/mol. The third kappa shape index (κ3) is 4.16. The zero-order valence-electron chi connectivity index (χ0n) is 24.1. The number of nitrogens with zero attached hydrogens (tertiary/aromatic N) is 3. The van der Waals surface area contributed by atoms with Crippen LogP contribution in [0.15, 0.2) is 140 Å². The largest absolute Gasteiger partial charge is 0.265 e. The molecule has 7 aromatic rings. The highest BCUT2D eigenvalue weighted by Gasteiger charge is 2.37. The molecule has 0 saturated heterocycles. The van der Waals surface area contributed by atoms with Crippen molar-refractivity contribution in [2.75, 3.05) is 0 Å². The fourth-order valence-corrected chi connectivity index (χ4v) is 6.61. The van der Waals surface area contributed by atoms with Crippen LogP contribution in [-0.2, 0) is 5.41 Å². The van der Waals surface area contributed by atoms with Gasteiger partial charge < -0.3 is 0 Å². The third-order valence-electron chi connectivity index (χ3n) is 8.79. The van der Waals surface area contributed by atoms with E-state index < -0.39 is 0 Å². The molecule has 43 heavy (non-hydrogen) atoms. The molecule has 0 bridgehead atoms. The lowest BCUT2D eigenvalue weighted by atomic mass is 9.81. The summed E-state index contributed by atoms with van der Waals surface area (Å²) in [5, 5.41) is 2.54. The van der Waals surface area contributed by atoms with Gasteiger partial charge in [0.05, 0.1) is 11.4 Å². The van der Waals surface area contributed by atoms with Crippen LogP contribution in [-0.4, -0.2) is 15.0 Å². The van der Waals surface area contributed by atoms with Gasteiger partial charge in [-0.25, -0.2) is 9.97 Å². The quantitative estimate of drug-likeness (QED) is 0.218. The zero-order chi connectivity index (χ0) is 29.0. The monoisotopic (exact) mass is 551 g/mol. The summed E-state index contributed by atoms with van der Waals surface area (Å²) < 4.78 is 0. The van der Waals surface area contributed by atoms with Gasteiger partial charge in [0.15, 0.2) is 5.82 Å². The van der Waals surface area contributed by atoms with Crippen molar-refractivity contribution in [3.05, 3.63) is 151 Å². The Morgan fingerprint density at radius 3 is 1.91 bits per heavy atom. The Balaban J connectivity index is 1.37. The van der Waals surface area contributed by atoms with Crippen LogP contribution in [0, 0.1) is 0 Å². The summed E-state index contributed by atoms with van der Waals surface area (Å²) in [4.78, 5) is 14.4. The first kappa shape index (κ1) is 25.3. The molecule has 204 valence electrons. The average Bonchev–Trinajstić information content (AvgIpc) is 3.30. The van der Waals surface area contributed by atoms with Crippen molar-refractivity contribution in [3.63, 3.8) is 0 Å². The highest BCUT2D eigenvalue weighted by Crippen LogP contribution is 2.53. The van der Waals surface area contributed by atoms with Crippen LogP contribution in [0.4, 0.5) is 0 Å². The summed E-state index contributed by atoms with van der Waals surface area (Å²) in [5.74, 6) is 0.705. The van der Waals surface area contributed by atoms with Gasteiger partial charge in [0.25, 0.3) is 0 Å². The average molecular weight is 552 g/mol. The Hall–Kier alpha value is -5.41. The molecule has 0 amide bonds. The van der Waals surface area contributed by atoms with E-state index in [1.807, 2.05) is 42.7 Å². The second-order valence-corrected chi connectivity index (χ2v) is 11.7. The van der Waals surface area contributed by atoms with Crippen LogP contribution >= 0.6 is 0 Å². The van der Waals surface area contributed by atoms with E-state index >= 15 is 0 Å². The van der Waals surface area contributed by atoms with Gasteiger partial charge in [-0.2, -0.15) is 0 Å². The molecule has 2 heterocycles. The summed E-state index contributed by atoms with van der Waals surface area (Å²) in [6, 6.07) is 45.2. The molecule has 0 aliphatic heterocycles. The highest BCUT2D eigenvalue weighted by molar-refractivity contribution is 6.00. The molecule has 1 aliphatic rings. The topological polar surface area (TPSA) is 38.7 Å². The van der Waals surface area contributed by atoms with Gasteiger partial charge in [0, 0.05) is 34.5 Å². The van der Waals surface area contributed by atoms with Crippen molar-refractivity contribution in [2.45, 2.75) is 19.3 Å². The van der Waals surface area contributed by atoms with E-state index in [0.29, 0.717) is 5.82 Å². The first-order chi connectivity index (χ1) is 21.1. The number of hydrogen-bond acceptors (Lipinski definition) is 3. The van der Waals surface area contributed by atoms with Gasteiger partial charge in [-0.1, -0.05) is 111 Å². The van der Waals surface area contributed by atoms with Crippen molar-refractivity contribution in [3.8, 4) is 56.2 Å². The third-order valence-corrected chi connectivity index (χ3v) is 8.79. The molecule has 0 spiro atoms. The van der Waals surface area contributed by atoms with Crippen LogP contribution in [0.3, 0.4) is 0 Å². The summed E-state index contributed by atoms with van der Waals surface area (Å²) >= 11 is 0. The number of hydrogen-bond donors (Lipinski definition) is 0. The Labute approximate surface area is 251 Å². The van der Waals surface area contributed by atoms with Gasteiger partial charge >= 0.3 is 0 Å². The fourth-order valence-electron chi connectivity index (χ4n) is 6.61. The van der Waals surface area contributed by atoms with Gasteiger partial charge in [-0.05, 0) is 74.5 Å². The minimum absolute atomic E-state index is 0.108. The molecule has 0 N–H and O–H groups in total. The molecule has 0 unspecified atom stereocenters. The maximum atomic E-state index is 5.17. The number of aromatic nitrogens is 3. The fraction of sp³-hybridized carbons (Fsp3) is 0.0750. The summed E-state index contributed by atoms with van der Waals surface area (Å²) in [7, 11) is 0. The summed E-state index contributed by atoms with van der Waals surface area (Å²) in [6.07, 6.45) is 3.62. The lowest BCUT2D eigenvalue weighted by Crippen LogP contribution is -2.14. The van der Waals surface area contributed by atoms with Crippen LogP contribution in [0.25, 0.3) is 66.9 Å². The first-order valence-corrected chi connectivity index (χ1v) is 14.7. The van der Waals surface area contributed by atoms with Gasteiger partial charge in [0.2, 0.25) is 0 Å². The minimum atomic E-state index is -0.108. The van der Waals surface area contributed by atoms with E-state index in [1.54, 1.807) is 0 Å². The molecule has 0 radical (unpaired) electrons. The molecule has 8 rings (SSSR count). The molecule has 3 heteroatoms. The first-order valence-electron chi connectivity index (χ1n) is 14.7. The maximum Gasteiger partial charge on any atom is 0.160 e.